The third-order valence-corrected chi connectivity index (χ3v) is 2.97. The van der Waals surface area contributed by atoms with E-state index in [4.69, 9.17) is 4.74 Å². The molecule has 21 heavy (non-hydrogen) atoms. The molecule has 5 nitrogen and oxygen atoms in total. The van der Waals surface area contributed by atoms with Crippen LogP contribution in [0.15, 0.2) is 30.6 Å². The molecule has 1 aromatic heterocycles. The number of methoxy groups -OCH3 is 1. The van der Waals surface area contributed by atoms with E-state index in [-0.39, 0.29) is 12.5 Å². The summed E-state index contributed by atoms with van der Waals surface area (Å²) >= 11 is 0. The lowest BCUT2D eigenvalue weighted by molar-refractivity contribution is -0.125. The zero-order valence-corrected chi connectivity index (χ0v) is 11.6. The third-order valence-electron chi connectivity index (χ3n) is 2.97. The fraction of sp³-hybridized carbons (Fsp3) is 0.286. The van der Waals surface area contributed by atoms with Gasteiger partial charge in [0.05, 0.1) is 0 Å². The van der Waals surface area contributed by atoms with Crippen molar-refractivity contribution in [2.24, 2.45) is 7.05 Å². The summed E-state index contributed by atoms with van der Waals surface area (Å²) in [5.41, 5.74) is 0.396. The molecule has 0 radical (unpaired) electrons. The summed E-state index contributed by atoms with van der Waals surface area (Å²) in [6.07, 6.45) is 3.26. The summed E-state index contributed by atoms with van der Waals surface area (Å²) in [5, 5.41) is 2.69. The molecule has 0 spiro atoms. The number of benzene rings is 1. The molecule has 1 aromatic carbocycles. The Morgan fingerprint density at radius 2 is 2.19 bits per heavy atom. The van der Waals surface area contributed by atoms with E-state index in [1.807, 2.05) is 0 Å². The SMILES string of the molecule is COCC(=O)NC(c1ccc(F)c(F)c1)c1nccn1C. The zero-order chi connectivity index (χ0) is 15.4. The largest absolute Gasteiger partial charge is 0.375 e. The molecule has 7 heteroatoms. The highest BCUT2D eigenvalue weighted by Gasteiger charge is 2.21. The number of nitrogens with one attached hydrogen (secondary N) is 1. The van der Waals surface area contributed by atoms with Crippen LogP contribution in [0.25, 0.3) is 0 Å². The minimum Gasteiger partial charge on any atom is -0.375 e. The number of imidazole rings is 1. The minimum atomic E-state index is -0.979. The third kappa shape index (κ3) is 3.43. The predicted molar refractivity (Wildman–Crippen MR) is 71.4 cm³/mol. The van der Waals surface area contributed by atoms with Crippen LogP contribution in [-0.4, -0.2) is 29.2 Å². The molecule has 0 fully saturated rings. The Bertz CT molecular complexity index is 643. The number of hydrogen-bond acceptors (Lipinski definition) is 3. The van der Waals surface area contributed by atoms with E-state index in [9.17, 15) is 13.6 Å². The van der Waals surface area contributed by atoms with Gasteiger partial charge in [0.2, 0.25) is 5.91 Å². The molecule has 1 unspecified atom stereocenters. The van der Waals surface area contributed by atoms with Gasteiger partial charge < -0.3 is 14.6 Å². The Labute approximate surface area is 120 Å². The Morgan fingerprint density at radius 1 is 1.43 bits per heavy atom. The lowest BCUT2D eigenvalue weighted by Gasteiger charge is -2.19. The normalized spacial score (nSPS) is 12.2. The van der Waals surface area contributed by atoms with Crippen LogP contribution in [-0.2, 0) is 16.6 Å². The van der Waals surface area contributed by atoms with Crippen LogP contribution in [0.4, 0.5) is 8.78 Å². The van der Waals surface area contributed by atoms with Gasteiger partial charge in [-0.05, 0) is 17.7 Å². The molecule has 0 aliphatic rings. The van der Waals surface area contributed by atoms with Crippen molar-refractivity contribution < 1.29 is 18.3 Å². The van der Waals surface area contributed by atoms with Gasteiger partial charge >= 0.3 is 0 Å². The molecule has 0 aliphatic carbocycles. The summed E-state index contributed by atoms with van der Waals surface area (Å²) in [7, 11) is 3.14. The highest BCUT2D eigenvalue weighted by atomic mass is 19.2. The molecule has 0 bridgehead atoms. The quantitative estimate of drug-likeness (QED) is 0.910. The number of aryl methyl sites for hydroxylation is 1. The molecule has 1 amide bonds. The van der Waals surface area contributed by atoms with Gasteiger partial charge in [-0.1, -0.05) is 6.07 Å². The number of aromatic nitrogens is 2. The van der Waals surface area contributed by atoms with E-state index < -0.39 is 17.7 Å². The van der Waals surface area contributed by atoms with E-state index in [1.165, 1.54) is 13.2 Å². The molecule has 0 saturated carbocycles. The first-order valence-electron chi connectivity index (χ1n) is 6.23. The number of rotatable bonds is 5. The van der Waals surface area contributed by atoms with Crippen molar-refractivity contribution in [2.45, 2.75) is 6.04 Å². The smallest absolute Gasteiger partial charge is 0.246 e. The molecular weight excluding hydrogens is 280 g/mol. The fourth-order valence-electron chi connectivity index (χ4n) is 1.98. The van der Waals surface area contributed by atoms with Gasteiger partial charge in [0.15, 0.2) is 11.6 Å². The van der Waals surface area contributed by atoms with Gasteiger partial charge in [-0.15, -0.1) is 0 Å². The van der Waals surface area contributed by atoms with Crippen molar-refractivity contribution >= 4 is 5.91 Å². The van der Waals surface area contributed by atoms with Crippen molar-refractivity contribution in [2.75, 3.05) is 13.7 Å². The number of ether oxygens (including phenoxy) is 1. The average molecular weight is 295 g/mol. The average Bonchev–Trinajstić information content (AvgIpc) is 2.86. The van der Waals surface area contributed by atoms with Crippen LogP contribution in [0.1, 0.15) is 17.4 Å². The van der Waals surface area contributed by atoms with Crippen molar-refractivity contribution in [3.8, 4) is 0 Å². The van der Waals surface area contributed by atoms with E-state index in [1.54, 1.807) is 24.0 Å². The summed E-state index contributed by atoms with van der Waals surface area (Å²) in [5.74, 6) is -1.80. The van der Waals surface area contributed by atoms with E-state index >= 15 is 0 Å². The first-order chi connectivity index (χ1) is 10.0. The van der Waals surface area contributed by atoms with Gasteiger partial charge in [-0.25, -0.2) is 13.8 Å². The second kappa shape index (κ2) is 6.45. The molecule has 1 heterocycles. The molecule has 0 saturated heterocycles. The molecule has 1 N–H and O–H groups in total. The number of carbonyl (C=O) groups is 1. The Balaban J connectivity index is 2.38. The van der Waals surface area contributed by atoms with E-state index in [0.29, 0.717) is 11.4 Å². The second-order valence-electron chi connectivity index (χ2n) is 4.50. The summed E-state index contributed by atoms with van der Waals surface area (Å²) < 4.78 is 32.9. The summed E-state index contributed by atoms with van der Waals surface area (Å²) in [4.78, 5) is 15.9. The van der Waals surface area contributed by atoms with E-state index in [0.717, 1.165) is 12.1 Å². The molecule has 0 aliphatic heterocycles. The van der Waals surface area contributed by atoms with Crippen LogP contribution >= 0.6 is 0 Å². The molecule has 112 valence electrons. The zero-order valence-electron chi connectivity index (χ0n) is 11.6. The van der Waals surface area contributed by atoms with Crippen molar-refractivity contribution in [3.05, 3.63) is 53.6 Å². The predicted octanol–water partition coefficient (Wildman–Crippen LogP) is 1.55. The van der Waals surface area contributed by atoms with Crippen LogP contribution in [0.5, 0.6) is 0 Å². The fourth-order valence-corrected chi connectivity index (χ4v) is 1.98. The topological polar surface area (TPSA) is 56.1 Å². The van der Waals surface area contributed by atoms with Gasteiger partial charge in [-0.2, -0.15) is 0 Å². The highest BCUT2D eigenvalue weighted by molar-refractivity contribution is 5.78. The van der Waals surface area contributed by atoms with Crippen LogP contribution in [0, 0.1) is 11.6 Å². The lowest BCUT2D eigenvalue weighted by Crippen LogP contribution is -2.33. The van der Waals surface area contributed by atoms with Crippen molar-refractivity contribution in [1.29, 1.82) is 0 Å². The molecule has 2 rings (SSSR count). The van der Waals surface area contributed by atoms with Gasteiger partial charge in [0, 0.05) is 26.6 Å². The van der Waals surface area contributed by atoms with Crippen LogP contribution in [0.2, 0.25) is 0 Å². The number of nitrogens with zero attached hydrogens (tertiary/aromatic N) is 2. The summed E-state index contributed by atoms with van der Waals surface area (Å²) in [6, 6.07) is 2.78. The maximum absolute atomic E-state index is 13.4. The minimum absolute atomic E-state index is 0.134. The lowest BCUT2D eigenvalue weighted by atomic mass is 10.1. The van der Waals surface area contributed by atoms with Crippen LogP contribution < -0.4 is 5.32 Å². The Morgan fingerprint density at radius 3 is 2.76 bits per heavy atom. The molecule has 2 aromatic rings. The van der Waals surface area contributed by atoms with Crippen molar-refractivity contribution in [1.82, 2.24) is 14.9 Å². The van der Waals surface area contributed by atoms with E-state index in [2.05, 4.69) is 10.3 Å². The van der Waals surface area contributed by atoms with Gasteiger partial charge in [0.25, 0.3) is 0 Å². The van der Waals surface area contributed by atoms with Gasteiger partial charge in [-0.3, -0.25) is 4.79 Å². The Hall–Kier alpha value is -2.28. The maximum Gasteiger partial charge on any atom is 0.246 e. The number of carbonyl (C=O) groups excluding carboxylic acids is 1. The second-order valence-corrected chi connectivity index (χ2v) is 4.50. The number of amides is 1. The monoisotopic (exact) mass is 295 g/mol. The first-order valence-corrected chi connectivity index (χ1v) is 6.23. The maximum atomic E-state index is 13.4. The van der Waals surface area contributed by atoms with Crippen LogP contribution in [0.3, 0.4) is 0 Å². The highest BCUT2D eigenvalue weighted by Crippen LogP contribution is 2.22. The molecular formula is C14H15F2N3O2. The molecule has 1 atom stereocenters. The summed E-state index contributed by atoms with van der Waals surface area (Å²) in [6.45, 7) is -0.134. The number of hydrogen-bond donors (Lipinski definition) is 1. The standard InChI is InChI=1S/C14H15F2N3O2/c1-19-6-5-17-14(19)13(18-12(20)8-21-2)9-3-4-10(15)11(16)7-9/h3-7,13H,8H2,1-2H3,(H,18,20). The van der Waals surface area contributed by atoms with Crippen molar-refractivity contribution in [3.63, 3.8) is 0 Å². The van der Waals surface area contributed by atoms with Gasteiger partial charge in [0.1, 0.15) is 18.5 Å². The first kappa shape index (κ1) is 15.1. The Kier molecular flexibility index (Phi) is 4.64. The number of halogens is 2.